The van der Waals surface area contributed by atoms with Gasteiger partial charge in [-0.1, -0.05) is 60.7 Å². The molecule has 5 fully saturated rings. The van der Waals surface area contributed by atoms with Gasteiger partial charge in [-0.25, -0.2) is 8.78 Å². The van der Waals surface area contributed by atoms with Gasteiger partial charge >= 0.3 is 0 Å². The summed E-state index contributed by atoms with van der Waals surface area (Å²) in [6, 6.07) is 32.5. The number of phenolic OH excluding ortho intramolecular Hbond substituents is 1. The van der Waals surface area contributed by atoms with Crippen LogP contribution in [0.4, 0.5) is 20.2 Å². The number of piperidine rings is 3. The monoisotopic (exact) mass is 786 g/mol. The van der Waals surface area contributed by atoms with E-state index in [1.54, 1.807) is 24.3 Å². The number of benzene rings is 4. The number of rotatable bonds is 8. The van der Waals surface area contributed by atoms with Gasteiger partial charge in [-0.15, -0.1) is 0 Å². The van der Waals surface area contributed by atoms with Crippen molar-refractivity contribution in [2.75, 3.05) is 49.5 Å². The topological polar surface area (TPSA) is 94.1 Å². The SMILES string of the molecule is O=C1CCC(Nc2ccc(C34CCN(C[C@H]5COC6(CCN(c7ccc([C@@H]8c9ccc(O)cc9CC[C@@H]8c8ccccc8)cc7)CC6)C5)CC3C4(F)F)cc2)C(=O)N1. The van der Waals surface area contributed by atoms with Crippen molar-refractivity contribution in [3.05, 3.63) is 125 Å². The second kappa shape index (κ2) is 14.5. The van der Waals surface area contributed by atoms with Gasteiger partial charge in [0.2, 0.25) is 11.8 Å². The van der Waals surface area contributed by atoms with E-state index in [2.05, 4.69) is 81.1 Å². The lowest BCUT2D eigenvalue weighted by Gasteiger charge is -2.40. The second-order valence-corrected chi connectivity index (χ2v) is 17.9. The van der Waals surface area contributed by atoms with Crippen molar-refractivity contribution in [2.45, 2.75) is 86.2 Å². The van der Waals surface area contributed by atoms with Gasteiger partial charge in [0.15, 0.2) is 0 Å². The van der Waals surface area contributed by atoms with E-state index < -0.39 is 23.3 Å². The molecule has 8 nitrogen and oxygen atoms in total. The number of aromatic hydroxyl groups is 1. The summed E-state index contributed by atoms with van der Waals surface area (Å²) in [5.74, 6) is -2.83. The molecule has 3 N–H and O–H groups in total. The fourth-order valence-corrected chi connectivity index (χ4v) is 11.5. The predicted molar refractivity (Wildman–Crippen MR) is 220 cm³/mol. The summed E-state index contributed by atoms with van der Waals surface area (Å²) in [5.41, 5.74) is 6.51. The molecule has 0 radical (unpaired) electrons. The Morgan fingerprint density at radius 2 is 1.62 bits per heavy atom. The third-order valence-electron chi connectivity index (χ3n) is 14.7. The zero-order valence-electron chi connectivity index (χ0n) is 32.8. The minimum absolute atomic E-state index is 0.145. The van der Waals surface area contributed by atoms with Crippen molar-refractivity contribution >= 4 is 23.2 Å². The molecule has 1 spiro atoms. The summed E-state index contributed by atoms with van der Waals surface area (Å²) < 4.78 is 37.9. The highest BCUT2D eigenvalue weighted by atomic mass is 19.3. The molecule has 4 heterocycles. The van der Waals surface area contributed by atoms with Gasteiger partial charge in [-0.3, -0.25) is 14.9 Å². The number of imide groups is 1. The van der Waals surface area contributed by atoms with Crippen molar-refractivity contribution in [1.29, 1.82) is 0 Å². The molecule has 4 aliphatic heterocycles. The lowest BCUT2D eigenvalue weighted by atomic mass is 9.69. The first-order valence-electron chi connectivity index (χ1n) is 21.3. The normalized spacial score (nSPS) is 30.0. The number of nitrogens with one attached hydrogen (secondary N) is 2. The molecule has 0 bridgehead atoms. The minimum atomic E-state index is -2.76. The van der Waals surface area contributed by atoms with Crippen LogP contribution in [0.25, 0.3) is 0 Å². The molecule has 302 valence electrons. The Bertz CT molecular complexity index is 2170. The largest absolute Gasteiger partial charge is 0.508 e. The number of amides is 2. The van der Waals surface area contributed by atoms with Crippen LogP contribution < -0.4 is 15.5 Å². The molecule has 1 saturated carbocycles. The van der Waals surface area contributed by atoms with E-state index in [0.717, 1.165) is 51.7 Å². The highest BCUT2D eigenvalue weighted by Crippen LogP contribution is 2.70. The van der Waals surface area contributed by atoms with E-state index in [1.165, 1.54) is 27.9 Å². The van der Waals surface area contributed by atoms with Crippen LogP contribution in [0.5, 0.6) is 5.75 Å². The first-order valence-corrected chi connectivity index (χ1v) is 21.3. The Morgan fingerprint density at radius 3 is 2.36 bits per heavy atom. The number of phenols is 1. The average molecular weight is 787 g/mol. The van der Waals surface area contributed by atoms with E-state index in [4.69, 9.17) is 4.74 Å². The summed E-state index contributed by atoms with van der Waals surface area (Å²) >= 11 is 0. The smallest absolute Gasteiger partial charge is 0.263 e. The number of carbonyl (C=O) groups is 2. The van der Waals surface area contributed by atoms with Crippen molar-refractivity contribution in [3.8, 4) is 5.75 Å². The zero-order chi connectivity index (χ0) is 39.6. The van der Waals surface area contributed by atoms with Gasteiger partial charge in [0.25, 0.3) is 5.92 Å². The van der Waals surface area contributed by atoms with Gasteiger partial charge in [0, 0.05) is 49.9 Å². The van der Waals surface area contributed by atoms with Crippen molar-refractivity contribution < 1.29 is 28.2 Å². The number of aryl methyl sites for hydroxylation is 1. The molecule has 0 aromatic heterocycles. The maximum Gasteiger partial charge on any atom is 0.263 e. The van der Waals surface area contributed by atoms with Crippen LogP contribution >= 0.6 is 0 Å². The van der Waals surface area contributed by atoms with Crippen LogP contribution in [0.1, 0.15) is 84.6 Å². The third-order valence-corrected chi connectivity index (χ3v) is 14.7. The van der Waals surface area contributed by atoms with E-state index in [9.17, 15) is 14.7 Å². The van der Waals surface area contributed by atoms with Crippen LogP contribution in [-0.4, -0.2) is 78.7 Å². The summed E-state index contributed by atoms with van der Waals surface area (Å²) in [7, 11) is 0. The summed E-state index contributed by atoms with van der Waals surface area (Å²) in [4.78, 5) is 28.4. The van der Waals surface area contributed by atoms with Gasteiger partial charge in [-0.2, -0.15) is 0 Å². The van der Waals surface area contributed by atoms with Gasteiger partial charge in [0.05, 0.1) is 23.5 Å². The van der Waals surface area contributed by atoms with E-state index in [0.29, 0.717) is 61.4 Å². The molecule has 2 aliphatic carbocycles. The Kier molecular flexibility index (Phi) is 9.36. The number of hydrogen-bond acceptors (Lipinski definition) is 7. The molecule has 4 aromatic carbocycles. The molecular weight excluding hydrogens is 735 g/mol. The lowest BCUT2D eigenvalue weighted by Crippen LogP contribution is -2.47. The van der Waals surface area contributed by atoms with Crippen LogP contribution in [0.15, 0.2) is 97.1 Å². The Morgan fingerprint density at radius 1 is 0.845 bits per heavy atom. The summed E-state index contributed by atoms with van der Waals surface area (Å²) in [6.45, 7) is 4.34. The number of alkyl halides is 2. The molecule has 4 saturated heterocycles. The average Bonchev–Trinajstić information content (AvgIpc) is 3.49. The second-order valence-electron chi connectivity index (χ2n) is 17.9. The lowest BCUT2D eigenvalue weighted by molar-refractivity contribution is -0.133. The van der Waals surface area contributed by atoms with Crippen LogP contribution in [0.3, 0.4) is 0 Å². The van der Waals surface area contributed by atoms with Crippen LogP contribution in [0, 0.1) is 11.8 Å². The first kappa shape index (κ1) is 37.5. The van der Waals surface area contributed by atoms with Gasteiger partial charge in [0.1, 0.15) is 11.8 Å². The molecule has 10 heteroatoms. The molecule has 2 amide bonds. The molecule has 3 unspecified atom stereocenters. The first-order chi connectivity index (χ1) is 28.1. The Balaban J connectivity index is 0.740. The zero-order valence-corrected chi connectivity index (χ0v) is 32.8. The molecule has 4 aromatic rings. The quantitative estimate of drug-likeness (QED) is 0.157. The molecule has 10 rings (SSSR count). The van der Waals surface area contributed by atoms with E-state index in [1.807, 2.05) is 12.1 Å². The van der Waals surface area contributed by atoms with E-state index >= 15 is 8.78 Å². The molecular formula is C48H52F2N4O4. The molecule has 58 heavy (non-hydrogen) atoms. The highest BCUT2D eigenvalue weighted by molar-refractivity contribution is 6.01. The summed E-state index contributed by atoms with van der Waals surface area (Å²) in [5, 5.41) is 15.7. The van der Waals surface area contributed by atoms with Gasteiger partial charge < -0.3 is 25.0 Å². The number of halogens is 2. The third kappa shape index (κ3) is 6.56. The number of fused-ring (bicyclic) bond motifs is 2. The number of hydrogen-bond donors (Lipinski definition) is 3. The highest BCUT2D eigenvalue weighted by Gasteiger charge is 2.81. The number of anilines is 2. The summed E-state index contributed by atoms with van der Waals surface area (Å²) in [6.07, 6.45) is 5.99. The van der Waals surface area contributed by atoms with Gasteiger partial charge in [-0.05, 0) is 128 Å². The number of carbonyl (C=O) groups excluding carboxylic acids is 2. The van der Waals surface area contributed by atoms with Crippen molar-refractivity contribution in [2.24, 2.45) is 11.8 Å². The number of nitrogens with zero attached hydrogens (tertiary/aromatic N) is 2. The van der Waals surface area contributed by atoms with Crippen LogP contribution in [-0.2, 0) is 26.2 Å². The Labute approximate surface area is 339 Å². The van der Waals surface area contributed by atoms with E-state index in [-0.39, 0.29) is 29.8 Å². The maximum atomic E-state index is 15.7. The van der Waals surface area contributed by atoms with Crippen molar-refractivity contribution in [3.63, 3.8) is 0 Å². The Hall–Kier alpha value is -4.80. The standard InChI is InChI=1S/C48H52F2N4O4/c49-48(50)42-29-53(23-22-47(42,48)35-9-11-36(12-10-35)51-41-18-19-43(56)52-45(41)57)28-31-27-46(58-30-31)20-24-54(25-21-46)37-13-6-33(7-14-37)44-39(32-4-2-1-3-5-32)16-8-34-26-38(55)15-17-40(34)44/h1-7,9-15,17,26,31,39,41-42,44,51,55H,8,16,18-25,27-30H2,(H,52,56,57)/t31-,39+,41?,42?,44-,47?/m0/s1. The fourth-order valence-electron chi connectivity index (χ4n) is 11.5. The van der Waals surface area contributed by atoms with Crippen molar-refractivity contribution in [1.82, 2.24) is 10.2 Å². The fraction of sp³-hybridized carbons (Fsp3) is 0.458. The minimum Gasteiger partial charge on any atom is -0.508 e. The molecule has 6 aliphatic rings. The number of likely N-dealkylation sites (tertiary alicyclic amines) is 1. The predicted octanol–water partition coefficient (Wildman–Crippen LogP) is 7.76. The molecule has 6 atom stereocenters. The van der Waals surface area contributed by atoms with Crippen LogP contribution in [0.2, 0.25) is 0 Å². The maximum absolute atomic E-state index is 15.7. The number of ether oxygens (including phenoxy) is 1.